The van der Waals surface area contributed by atoms with Crippen molar-refractivity contribution in [1.29, 1.82) is 0 Å². The Labute approximate surface area is 193 Å². The van der Waals surface area contributed by atoms with Crippen LogP contribution >= 0.6 is 27.5 Å². The molecule has 5 rings (SSSR count). The Kier molecular flexibility index (Phi) is 5.22. The fourth-order valence-corrected chi connectivity index (χ4v) is 5.76. The highest BCUT2D eigenvalue weighted by Crippen LogP contribution is 2.59. The summed E-state index contributed by atoms with van der Waals surface area (Å²) >= 11 is 9.53. The Morgan fingerprint density at radius 1 is 1.29 bits per heavy atom. The molecule has 0 N–H and O–H groups in total. The van der Waals surface area contributed by atoms with Gasteiger partial charge in [-0.1, -0.05) is 11.6 Å². The lowest BCUT2D eigenvalue weighted by Crippen LogP contribution is -2.36. The fourth-order valence-electron chi connectivity index (χ4n) is 4.92. The Balaban J connectivity index is 1.46. The first-order valence-electron chi connectivity index (χ1n) is 10.7. The van der Waals surface area contributed by atoms with Crippen LogP contribution < -0.4 is 0 Å². The maximum atomic E-state index is 15.1. The van der Waals surface area contributed by atoms with Crippen LogP contribution in [0.1, 0.15) is 57.9 Å². The number of piperidine rings is 1. The summed E-state index contributed by atoms with van der Waals surface area (Å²) in [5.74, 6) is 0.118. The van der Waals surface area contributed by atoms with Crippen LogP contribution in [0, 0.1) is 17.7 Å². The molecule has 7 nitrogen and oxygen atoms in total. The van der Waals surface area contributed by atoms with Gasteiger partial charge in [-0.2, -0.15) is 5.10 Å². The minimum absolute atomic E-state index is 0.143. The van der Waals surface area contributed by atoms with Gasteiger partial charge >= 0.3 is 6.09 Å². The van der Waals surface area contributed by atoms with E-state index in [9.17, 15) is 4.79 Å². The Hall–Kier alpha value is -1.45. The van der Waals surface area contributed by atoms with Crippen molar-refractivity contribution >= 4 is 44.5 Å². The zero-order chi connectivity index (χ0) is 22.1. The van der Waals surface area contributed by atoms with E-state index in [1.807, 2.05) is 20.8 Å². The van der Waals surface area contributed by atoms with Gasteiger partial charge in [-0.3, -0.25) is 0 Å². The molecule has 10 heteroatoms. The predicted molar refractivity (Wildman–Crippen MR) is 117 cm³/mol. The van der Waals surface area contributed by atoms with Gasteiger partial charge in [0.2, 0.25) is 0 Å². The van der Waals surface area contributed by atoms with Gasteiger partial charge in [-0.05, 0) is 67.8 Å². The van der Waals surface area contributed by atoms with Crippen LogP contribution in [-0.4, -0.2) is 51.1 Å². The van der Waals surface area contributed by atoms with Crippen molar-refractivity contribution in [2.24, 2.45) is 11.8 Å². The van der Waals surface area contributed by atoms with Crippen molar-refractivity contribution in [3.05, 3.63) is 21.3 Å². The van der Waals surface area contributed by atoms with E-state index in [1.165, 1.54) is 0 Å². The standard InChI is InChI=1S/C21H25BrClFN4O3/c1-21(2,3)31-20(29)27-8-10-11(9-27)13(10)16-14-17(15(24)19(23)25-18(14)22)28(26-16)12-6-4-5-7-30-12/h10-13H,4-9H2,1-3H3. The van der Waals surface area contributed by atoms with Gasteiger partial charge in [-0.15, -0.1) is 0 Å². The fraction of sp³-hybridized carbons (Fsp3) is 0.667. The minimum Gasteiger partial charge on any atom is -0.444 e. The Bertz CT molecular complexity index is 1040. The molecule has 0 spiro atoms. The van der Waals surface area contributed by atoms with Gasteiger partial charge in [0.1, 0.15) is 15.7 Å². The van der Waals surface area contributed by atoms with E-state index in [1.54, 1.807) is 9.58 Å². The minimum atomic E-state index is -0.575. The monoisotopic (exact) mass is 514 g/mol. The molecule has 1 saturated carbocycles. The second kappa shape index (κ2) is 7.56. The largest absolute Gasteiger partial charge is 0.444 e. The van der Waals surface area contributed by atoms with Gasteiger partial charge in [-0.25, -0.2) is 18.9 Å². The van der Waals surface area contributed by atoms with E-state index in [2.05, 4.69) is 20.9 Å². The van der Waals surface area contributed by atoms with Gasteiger partial charge < -0.3 is 14.4 Å². The van der Waals surface area contributed by atoms with E-state index in [0.717, 1.165) is 25.0 Å². The molecule has 3 atom stereocenters. The van der Waals surface area contributed by atoms with Crippen LogP contribution in [0.25, 0.3) is 10.9 Å². The quantitative estimate of drug-likeness (QED) is 0.510. The lowest BCUT2D eigenvalue weighted by Gasteiger charge is -2.25. The van der Waals surface area contributed by atoms with Crippen LogP contribution in [0.3, 0.4) is 0 Å². The summed E-state index contributed by atoms with van der Waals surface area (Å²) in [6, 6.07) is 0. The average Bonchev–Trinajstić information content (AvgIpc) is 3.05. The highest BCUT2D eigenvalue weighted by molar-refractivity contribution is 9.10. The molecule has 168 valence electrons. The molecule has 3 aliphatic rings. The third kappa shape index (κ3) is 3.72. The van der Waals surface area contributed by atoms with Crippen LogP contribution in [0.15, 0.2) is 4.60 Å². The van der Waals surface area contributed by atoms with Crippen molar-refractivity contribution in [1.82, 2.24) is 19.7 Å². The SMILES string of the molecule is CC(C)(C)OC(=O)N1CC2C(C1)C2c1nn(C2CCCCO2)c2c(F)c(Cl)nc(Br)c12. The van der Waals surface area contributed by atoms with Crippen molar-refractivity contribution < 1.29 is 18.7 Å². The smallest absolute Gasteiger partial charge is 0.410 e. The number of carbonyl (C=O) groups is 1. The van der Waals surface area contributed by atoms with Crippen molar-refractivity contribution in [3.8, 4) is 0 Å². The third-order valence-electron chi connectivity index (χ3n) is 6.32. The number of amides is 1. The molecule has 1 aliphatic carbocycles. The summed E-state index contributed by atoms with van der Waals surface area (Å²) in [4.78, 5) is 18.3. The molecule has 0 bridgehead atoms. The Morgan fingerprint density at radius 3 is 2.61 bits per heavy atom. The number of pyridine rings is 1. The van der Waals surface area contributed by atoms with Crippen molar-refractivity contribution in [2.45, 2.75) is 57.8 Å². The number of hydrogen-bond donors (Lipinski definition) is 0. The van der Waals surface area contributed by atoms with Crippen LogP contribution in [-0.2, 0) is 9.47 Å². The summed E-state index contributed by atoms with van der Waals surface area (Å²) in [6.45, 7) is 7.43. The molecule has 2 aromatic rings. The zero-order valence-electron chi connectivity index (χ0n) is 17.7. The number of carbonyl (C=O) groups excluding carboxylic acids is 1. The maximum absolute atomic E-state index is 15.1. The first-order valence-corrected chi connectivity index (χ1v) is 11.8. The van der Waals surface area contributed by atoms with Crippen LogP contribution in [0.2, 0.25) is 5.15 Å². The molecule has 1 amide bonds. The lowest BCUT2D eigenvalue weighted by molar-refractivity contribution is -0.0371. The van der Waals surface area contributed by atoms with E-state index >= 15 is 4.39 Å². The second-order valence-electron chi connectivity index (χ2n) is 9.62. The molecule has 3 unspecified atom stereocenters. The summed E-state index contributed by atoms with van der Waals surface area (Å²) < 4.78 is 28.6. The molecular weight excluding hydrogens is 491 g/mol. The van der Waals surface area contributed by atoms with E-state index in [4.69, 9.17) is 26.2 Å². The van der Waals surface area contributed by atoms with E-state index in [0.29, 0.717) is 35.2 Å². The number of halogens is 3. The average molecular weight is 516 g/mol. The zero-order valence-corrected chi connectivity index (χ0v) is 20.0. The van der Waals surface area contributed by atoms with Gasteiger partial charge in [0.15, 0.2) is 17.2 Å². The molecule has 0 radical (unpaired) electrons. The molecule has 3 fully saturated rings. The summed E-state index contributed by atoms with van der Waals surface area (Å²) in [5.41, 5.74) is 0.617. The number of ether oxygens (including phenoxy) is 2. The highest BCUT2D eigenvalue weighted by Gasteiger charge is 2.59. The number of fused-ring (bicyclic) bond motifs is 2. The van der Waals surface area contributed by atoms with Gasteiger partial charge in [0.25, 0.3) is 0 Å². The van der Waals surface area contributed by atoms with E-state index in [-0.39, 0.29) is 35.2 Å². The predicted octanol–water partition coefficient (Wildman–Crippen LogP) is 5.27. The van der Waals surface area contributed by atoms with Crippen molar-refractivity contribution in [3.63, 3.8) is 0 Å². The summed E-state index contributed by atoms with van der Waals surface area (Å²) in [6.07, 6.45) is 2.16. The molecular formula is C21H25BrClFN4O3. The number of rotatable bonds is 2. The summed E-state index contributed by atoms with van der Waals surface area (Å²) in [5, 5.41) is 5.30. The van der Waals surface area contributed by atoms with Gasteiger partial charge in [0.05, 0.1) is 11.1 Å². The maximum Gasteiger partial charge on any atom is 0.410 e. The lowest BCUT2D eigenvalue weighted by atomic mass is 10.1. The molecule has 4 heterocycles. The molecule has 2 aliphatic heterocycles. The number of aromatic nitrogens is 3. The number of likely N-dealkylation sites (tertiary alicyclic amines) is 1. The first-order chi connectivity index (χ1) is 14.7. The molecule has 2 aromatic heterocycles. The van der Waals surface area contributed by atoms with Crippen molar-refractivity contribution in [2.75, 3.05) is 19.7 Å². The molecule has 2 saturated heterocycles. The Morgan fingerprint density at radius 2 is 2.00 bits per heavy atom. The molecule has 0 aromatic carbocycles. The molecule has 31 heavy (non-hydrogen) atoms. The topological polar surface area (TPSA) is 69.5 Å². The summed E-state index contributed by atoms with van der Waals surface area (Å²) in [7, 11) is 0. The van der Waals surface area contributed by atoms with Gasteiger partial charge in [0, 0.05) is 25.6 Å². The first kappa shape index (κ1) is 21.4. The second-order valence-corrected chi connectivity index (χ2v) is 10.7. The normalized spacial score (nSPS) is 28.1. The highest BCUT2D eigenvalue weighted by atomic mass is 79.9. The van der Waals surface area contributed by atoms with Crippen LogP contribution in [0.4, 0.5) is 9.18 Å². The third-order valence-corrected chi connectivity index (χ3v) is 7.14. The van der Waals surface area contributed by atoms with Crippen LogP contribution in [0.5, 0.6) is 0 Å². The number of nitrogens with zero attached hydrogens (tertiary/aromatic N) is 4. The number of hydrogen-bond acceptors (Lipinski definition) is 5. The van der Waals surface area contributed by atoms with E-state index < -0.39 is 11.4 Å².